The fourth-order valence-corrected chi connectivity index (χ4v) is 3.35. The predicted molar refractivity (Wildman–Crippen MR) is 95.3 cm³/mol. The van der Waals surface area contributed by atoms with E-state index < -0.39 is 6.04 Å². The number of nitrogens with two attached hydrogens (primary N) is 1. The van der Waals surface area contributed by atoms with Gasteiger partial charge in [-0.1, -0.05) is 17.7 Å². The molecule has 0 aromatic heterocycles. The van der Waals surface area contributed by atoms with E-state index in [1.165, 1.54) is 4.90 Å². The molecule has 4 rings (SSSR count). The summed E-state index contributed by atoms with van der Waals surface area (Å²) in [7, 11) is 0. The van der Waals surface area contributed by atoms with Crippen LogP contribution in [0, 0.1) is 6.92 Å². The van der Waals surface area contributed by atoms with Crippen LogP contribution in [0.15, 0.2) is 36.4 Å². The maximum absolute atomic E-state index is 12.7. The lowest BCUT2D eigenvalue weighted by Gasteiger charge is -2.15. The highest BCUT2D eigenvalue weighted by atomic mass is 35.5. The van der Waals surface area contributed by atoms with Gasteiger partial charge in [-0.3, -0.25) is 9.59 Å². The first-order valence-corrected chi connectivity index (χ1v) is 8.75. The fourth-order valence-electron chi connectivity index (χ4n) is 3.18. The number of amides is 2. The highest BCUT2D eigenvalue weighted by molar-refractivity contribution is 6.32. The van der Waals surface area contributed by atoms with Crippen molar-refractivity contribution in [3.05, 3.63) is 52.5 Å². The van der Waals surface area contributed by atoms with Gasteiger partial charge in [0, 0.05) is 10.6 Å². The van der Waals surface area contributed by atoms with Crippen LogP contribution in [0.3, 0.4) is 0 Å². The maximum atomic E-state index is 12.7. The van der Waals surface area contributed by atoms with Crippen molar-refractivity contribution in [2.75, 3.05) is 11.7 Å². The van der Waals surface area contributed by atoms with Gasteiger partial charge in [0.05, 0.1) is 12.1 Å². The first kappa shape index (κ1) is 16.9. The Morgan fingerprint density at radius 2 is 1.96 bits per heavy atom. The number of quaternary nitrogens is 1. The Labute approximate surface area is 155 Å². The van der Waals surface area contributed by atoms with Gasteiger partial charge < -0.3 is 14.8 Å². The predicted octanol–water partition coefficient (Wildman–Crippen LogP) is 1.77. The van der Waals surface area contributed by atoms with E-state index >= 15 is 0 Å². The number of carbonyl (C=O) groups is 2. The summed E-state index contributed by atoms with van der Waals surface area (Å²) in [5.74, 6) is 1.02. The highest BCUT2D eigenvalue weighted by Crippen LogP contribution is 2.32. The number of benzene rings is 2. The molecule has 2 N–H and O–H groups in total. The Morgan fingerprint density at radius 3 is 2.77 bits per heavy atom. The van der Waals surface area contributed by atoms with Crippen LogP contribution in [-0.2, 0) is 16.1 Å². The van der Waals surface area contributed by atoms with E-state index in [0.29, 0.717) is 23.0 Å². The number of nitrogens with zero attached hydrogens (tertiary/aromatic N) is 1. The van der Waals surface area contributed by atoms with E-state index in [9.17, 15) is 9.59 Å². The molecule has 0 saturated carbocycles. The minimum absolute atomic E-state index is 0.175. The Balaban J connectivity index is 1.46. The molecule has 1 saturated heterocycles. The average molecular weight is 374 g/mol. The summed E-state index contributed by atoms with van der Waals surface area (Å²) in [4.78, 5) is 26.3. The fraction of sp³-hybridized carbons (Fsp3) is 0.263. The Bertz CT molecular complexity index is 899. The van der Waals surface area contributed by atoms with Gasteiger partial charge in [-0.15, -0.1) is 0 Å². The third kappa shape index (κ3) is 3.02. The molecule has 2 amide bonds. The maximum Gasteiger partial charge on any atom is 0.292 e. The van der Waals surface area contributed by atoms with Crippen molar-refractivity contribution >= 4 is 29.1 Å². The molecule has 6 nitrogen and oxygen atoms in total. The number of fused-ring (bicyclic) bond motifs is 1. The van der Waals surface area contributed by atoms with Crippen LogP contribution in [0.4, 0.5) is 5.69 Å². The minimum atomic E-state index is -0.437. The molecule has 2 aliphatic heterocycles. The summed E-state index contributed by atoms with van der Waals surface area (Å²) in [6.07, 6.45) is 0.175. The zero-order chi connectivity index (χ0) is 18.3. The van der Waals surface area contributed by atoms with Crippen LogP contribution in [0.2, 0.25) is 5.02 Å². The van der Waals surface area contributed by atoms with E-state index in [1.54, 1.807) is 12.1 Å². The SMILES string of the molecule is Cc1ccc(N2C(=O)C[C@@H]([NH2+]Cc3ccc4c(c3)OCO4)C2=O)cc1Cl. The van der Waals surface area contributed by atoms with Crippen molar-refractivity contribution in [2.24, 2.45) is 0 Å². The van der Waals surface area contributed by atoms with Crippen molar-refractivity contribution in [3.63, 3.8) is 0 Å². The first-order chi connectivity index (χ1) is 12.5. The molecule has 7 heteroatoms. The third-order valence-electron chi connectivity index (χ3n) is 4.67. The van der Waals surface area contributed by atoms with E-state index in [1.807, 2.05) is 36.5 Å². The van der Waals surface area contributed by atoms with E-state index in [0.717, 1.165) is 16.9 Å². The van der Waals surface area contributed by atoms with Gasteiger partial charge in [0.1, 0.15) is 6.54 Å². The van der Waals surface area contributed by atoms with Gasteiger partial charge >= 0.3 is 0 Å². The van der Waals surface area contributed by atoms with Gasteiger partial charge in [-0.05, 0) is 42.8 Å². The number of anilines is 1. The summed E-state index contributed by atoms with van der Waals surface area (Å²) in [6.45, 7) is 2.68. The van der Waals surface area contributed by atoms with Gasteiger partial charge in [0.2, 0.25) is 12.7 Å². The molecular weight excluding hydrogens is 356 g/mol. The molecule has 134 valence electrons. The standard InChI is InChI=1S/C19H17ClN2O4/c1-11-2-4-13(7-14(11)20)22-18(23)8-15(19(22)24)21-9-12-3-5-16-17(6-12)26-10-25-16/h2-7,15,21H,8-10H2,1H3/p+1/t15-/m1/s1. The van der Waals surface area contributed by atoms with Crippen LogP contribution in [0.25, 0.3) is 0 Å². The zero-order valence-electron chi connectivity index (χ0n) is 14.2. The largest absolute Gasteiger partial charge is 0.454 e. The van der Waals surface area contributed by atoms with Crippen molar-refractivity contribution < 1.29 is 24.4 Å². The number of aryl methyl sites for hydroxylation is 1. The molecule has 1 atom stereocenters. The van der Waals surface area contributed by atoms with Gasteiger partial charge in [-0.25, -0.2) is 4.90 Å². The summed E-state index contributed by atoms with van der Waals surface area (Å²) in [6, 6.07) is 10.5. The molecule has 0 radical (unpaired) electrons. The van der Waals surface area contributed by atoms with Crippen LogP contribution in [-0.4, -0.2) is 24.6 Å². The number of halogens is 1. The molecule has 2 heterocycles. The average Bonchev–Trinajstić information content (AvgIpc) is 3.19. The lowest BCUT2D eigenvalue weighted by atomic mass is 10.1. The number of ether oxygens (including phenoxy) is 2. The van der Waals surface area contributed by atoms with Gasteiger partial charge in [0.25, 0.3) is 5.91 Å². The van der Waals surface area contributed by atoms with E-state index in [4.69, 9.17) is 21.1 Å². The van der Waals surface area contributed by atoms with Crippen LogP contribution in [0.1, 0.15) is 17.5 Å². The quantitative estimate of drug-likeness (QED) is 0.829. The summed E-state index contributed by atoms with van der Waals surface area (Å²) in [5, 5.41) is 2.42. The number of hydrogen-bond acceptors (Lipinski definition) is 4. The van der Waals surface area contributed by atoms with Crippen molar-refractivity contribution in [1.82, 2.24) is 0 Å². The van der Waals surface area contributed by atoms with Gasteiger partial charge in [0.15, 0.2) is 17.5 Å². The molecule has 0 aliphatic carbocycles. The summed E-state index contributed by atoms with van der Waals surface area (Å²) >= 11 is 6.13. The normalized spacial score (nSPS) is 18.7. The Morgan fingerprint density at radius 1 is 1.15 bits per heavy atom. The molecule has 0 bridgehead atoms. The lowest BCUT2D eigenvalue weighted by Crippen LogP contribution is -2.90. The molecular formula is C19H18ClN2O4+. The second-order valence-corrected chi connectivity index (χ2v) is 6.85. The highest BCUT2D eigenvalue weighted by Gasteiger charge is 2.42. The molecule has 2 aromatic carbocycles. The van der Waals surface area contributed by atoms with Crippen molar-refractivity contribution in [2.45, 2.75) is 25.9 Å². The summed E-state index contributed by atoms with van der Waals surface area (Å²) in [5.41, 5.74) is 2.43. The topological polar surface area (TPSA) is 72.5 Å². The lowest BCUT2D eigenvalue weighted by molar-refractivity contribution is -0.690. The minimum Gasteiger partial charge on any atom is -0.454 e. The molecule has 2 aromatic rings. The van der Waals surface area contributed by atoms with Crippen LogP contribution < -0.4 is 19.7 Å². The number of hydrogen-bond donors (Lipinski definition) is 1. The number of carbonyl (C=O) groups excluding carboxylic acids is 2. The molecule has 2 aliphatic rings. The van der Waals surface area contributed by atoms with Crippen LogP contribution >= 0.6 is 11.6 Å². The molecule has 0 spiro atoms. The van der Waals surface area contributed by atoms with Gasteiger partial charge in [-0.2, -0.15) is 0 Å². The molecule has 26 heavy (non-hydrogen) atoms. The second kappa shape index (κ2) is 6.63. The Kier molecular flexibility index (Phi) is 4.30. The van der Waals surface area contributed by atoms with Crippen molar-refractivity contribution in [1.29, 1.82) is 0 Å². The van der Waals surface area contributed by atoms with Crippen molar-refractivity contribution in [3.8, 4) is 11.5 Å². The molecule has 1 fully saturated rings. The first-order valence-electron chi connectivity index (χ1n) is 8.38. The van der Waals surface area contributed by atoms with E-state index in [-0.39, 0.29) is 25.0 Å². The van der Waals surface area contributed by atoms with Crippen LogP contribution in [0.5, 0.6) is 11.5 Å². The summed E-state index contributed by atoms with van der Waals surface area (Å²) < 4.78 is 10.7. The monoisotopic (exact) mass is 373 g/mol. The second-order valence-electron chi connectivity index (χ2n) is 6.44. The third-order valence-corrected chi connectivity index (χ3v) is 5.08. The Hall–Kier alpha value is -2.57. The number of imide groups is 1. The smallest absolute Gasteiger partial charge is 0.292 e. The van der Waals surface area contributed by atoms with E-state index in [2.05, 4.69) is 0 Å². The number of rotatable bonds is 4. The molecule has 0 unspecified atom stereocenters. The zero-order valence-corrected chi connectivity index (χ0v) is 15.0.